The number of nitrogens with zero attached hydrogens (tertiary/aromatic N) is 3. The second kappa shape index (κ2) is 6.54. The van der Waals surface area contributed by atoms with E-state index in [9.17, 15) is 22.4 Å². The molecule has 0 bridgehead atoms. The highest BCUT2D eigenvalue weighted by atomic mass is 19.4. The molecule has 10 heteroatoms. The first-order valence-electron chi connectivity index (χ1n) is 7.10. The third-order valence-electron chi connectivity index (χ3n) is 3.35. The van der Waals surface area contributed by atoms with E-state index in [1.54, 1.807) is 6.07 Å². The summed E-state index contributed by atoms with van der Waals surface area (Å²) in [6.45, 7) is 1.51. The van der Waals surface area contributed by atoms with Crippen molar-refractivity contribution in [3.63, 3.8) is 0 Å². The van der Waals surface area contributed by atoms with Gasteiger partial charge in [0.05, 0.1) is 0 Å². The van der Waals surface area contributed by atoms with E-state index in [0.29, 0.717) is 5.56 Å². The topological polar surface area (TPSA) is 78.1 Å². The molecule has 2 aromatic heterocycles. The zero-order chi connectivity index (χ0) is 18.9. The molecule has 0 atom stereocenters. The van der Waals surface area contributed by atoms with Crippen LogP contribution in [0.4, 0.5) is 17.6 Å². The van der Waals surface area contributed by atoms with E-state index in [1.807, 2.05) is 0 Å². The second-order valence-corrected chi connectivity index (χ2v) is 5.07. The van der Waals surface area contributed by atoms with Crippen LogP contribution in [0.1, 0.15) is 5.56 Å². The van der Waals surface area contributed by atoms with Crippen LogP contribution in [0.25, 0.3) is 22.9 Å². The van der Waals surface area contributed by atoms with E-state index < -0.39 is 23.8 Å². The van der Waals surface area contributed by atoms with Crippen LogP contribution in [0.3, 0.4) is 0 Å². The Morgan fingerprint density at radius 2 is 1.73 bits per heavy atom. The summed E-state index contributed by atoms with van der Waals surface area (Å²) in [6, 6.07) is 6.93. The molecule has 0 fully saturated rings. The number of ether oxygens (including phenoxy) is 1. The summed E-state index contributed by atoms with van der Waals surface area (Å²) in [4.78, 5) is 14.6. The van der Waals surface area contributed by atoms with Crippen LogP contribution in [-0.4, -0.2) is 27.3 Å². The molecule has 0 saturated carbocycles. The van der Waals surface area contributed by atoms with E-state index in [2.05, 4.69) is 19.9 Å². The number of aromatic nitrogens is 3. The summed E-state index contributed by atoms with van der Waals surface area (Å²) >= 11 is 0. The summed E-state index contributed by atoms with van der Waals surface area (Å²) in [5.74, 6) is -3.83. The van der Waals surface area contributed by atoms with Crippen LogP contribution in [0, 0.1) is 12.7 Å². The monoisotopic (exact) mass is 367 g/mol. The molecule has 0 spiro atoms. The molecule has 0 aliphatic carbocycles. The molecule has 6 nitrogen and oxygen atoms in total. The molecule has 134 valence electrons. The third-order valence-corrected chi connectivity index (χ3v) is 3.35. The Balaban J connectivity index is 1.98. The lowest BCUT2D eigenvalue weighted by molar-refractivity contribution is -0.189. The SMILES string of the molecule is Cc1c(F)cccc1-c1nnc(-c2cccnc2OC(=O)C(F)(F)F)o1. The molecule has 0 aliphatic heterocycles. The molecular formula is C16H9F4N3O3. The predicted molar refractivity (Wildman–Crippen MR) is 79.4 cm³/mol. The van der Waals surface area contributed by atoms with E-state index in [0.717, 1.165) is 6.20 Å². The summed E-state index contributed by atoms with van der Waals surface area (Å²) < 4.78 is 60.5. The minimum atomic E-state index is -5.19. The lowest BCUT2D eigenvalue weighted by Gasteiger charge is -2.07. The Kier molecular flexibility index (Phi) is 4.41. The Morgan fingerprint density at radius 3 is 2.42 bits per heavy atom. The van der Waals surface area contributed by atoms with Gasteiger partial charge >= 0.3 is 12.1 Å². The van der Waals surface area contributed by atoms with Crippen LogP contribution < -0.4 is 4.74 Å². The number of hydrogen-bond acceptors (Lipinski definition) is 6. The number of hydrogen-bond donors (Lipinski definition) is 0. The number of esters is 1. The van der Waals surface area contributed by atoms with Crippen molar-refractivity contribution in [3.8, 4) is 28.8 Å². The van der Waals surface area contributed by atoms with Gasteiger partial charge in [0.1, 0.15) is 11.4 Å². The van der Waals surface area contributed by atoms with Gasteiger partial charge in [-0.15, -0.1) is 10.2 Å². The zero-order valence-corrected chi connectivity index (χ0v) is 13.0. The normalized spacial score (nSPS) is 11.4. The van der Waals surface area contributed by atoms with E-state index in [1.165, 1.54) is 31.2 Å². The van der Waals surface area contributed by atoms with Gasteiger partial charge < -0.3 is 9.15 Å². The van der Waals surface area contributed by atoms with Gasteiger partial charge in [-0.05, 0) is 36.8 Å². The van der Waals surface area contributed by atoms with Crippen molar-refractivity contribution in [2.75, 3.05) is 0 Å². The standard InChI is InChI=1S/C16H9F4N3O3/c1-8-9(4-2-6-11(8)17)13-22-23-14(25-13)10-5-3-7-21-12(10)26-15(24)16(18,19)20/h2-7H,1H3. The Labute approximate surface area is 143 Å². The molecule has 0 saturated heterocycles. The van der Waals surface area contributed by atoms with Gasteiger partial charge in [0.25, 0.3) is 5.89 Å². The largest absolute Gasteiger partial charge is 0.491 e. The Hall–Kier alpha value is -3.30. The van der Waals surface area contributed by atoms with Crippen LogP contribution in [0.2, 0.25) is 0 Å². The predicted octanol–water partition coefficient (Wildman–Crippen LogP) is 3.71. The first kappa shape index (κ1) is 17.5. The summed E-state index contributed by atoms with van der Waals surface area (Å²) in [7, 11) is 0. The van der Waals surface area contributed by atoms with Crippen LogP contribution in [0.15, 0.2) is 40.9 Å². The Bertz CT molecular complexity index is 969. The van der Waals surface area contributed by atoms with Crippen molar-refractivity contribution in [3.05, 3.63) is 47.9 Å². The molecule has 26 heavy (non-hydrogen) atoms. The maximum atomic E-state index is 13.7. The first-order chi connectivity index (χ1) is 12.3. The number of alkyl halides is 3. The molecule has 0 N–H and O–H groups in total. The molecule has 2 heterocycles. The summed E-state index contributed by atoms with van der Waals surface area (Å²) in [5.41, 5.74) is 0.469. The molecule has 3 aromatic rings. The molecule has 0 amide bonds. The van der Waals surface area contributed by atoms with E-state index in [4.69, 9.17) is 4.42 Å². The highest BCUT2D eigenvalue weighted by Gasteiger charge is 2.42. The third kappa shape index (κ3) is 3.39. The van der Waals surface area contributed by atoms with E-state index in [-0.39, 0.29) is 22.9 Å². The van der Waals surface area contributed by atoms with Gasteiger partial charge in [0.15, 0.2) is 0 Å². The average molecular weight is 367 g/mol. The van der Waals surface area contributed by atoms with Crippen molar-refractivity contribution in [2.24, 2.45) is 0 Å². The zero-order valence-electron chi connectivity index (χ0n) is 13.0. The number of pyridine rings is 1. The van der Waals surface area contributed by atoms with Gasteiger partial charge in [0, 0.05) is 11.8 Å². The van der Waals surface area contributed by atoms with Crippen molar-refractivity contribution in [1.82, 2.24) is 15.2 Å². The van der Waals surface area contributed by atoms with Gasteiger partial charge in [-0.1, -0.05) is 6.07 Å². The second-order valence-electron chi connectivity index (χ2n) is 5.07. The number of carbonyl (C=O) groups excluding carboxylic acids is 1. The van der Waals surface area contributed by atoms with Crippen LogP contribution >= 0.6 is 0 Å². The van der Waals surface area contributed by atoms with Gasteiger partial charge in [0.2, 0.25) is 11.8 Å². The highest BCUT2D eigenvalue weighted by Crippen LogP contribution is 2.32. The number of benzene rings is 1. The van der Waals surface area contributed by atoms with Crippen molar-refractivity contribution >= 4 is 5.97 Å². The number of halogens is 4. The fourth-order valence-electron chi connectivity index (χ4n) is 2.06. The fraction of sp³-hybridized carbons (Fsp3) is 0.125. The van der Waals surface area contributed by atoms with Crippen LogP contribution in [0.5, 0.6) is 5.88 Å². The minimum Gasteiger partial charge on any atom is -0.416 e. The van der Waals surface area contributed by atoms with E-state index >= 15 is 0 Å². The number of carbonyl (C=O) groups is 1. The van der Waals surface area contributed by atoms with Crippen molar-refractivity contribution in [2.45, 2.75) is 13.1 Å². The van der Waals surface area contributed by atoms with Gasteiger partial charge in [-0.2, -0.15) is 13.2 Å². The maximum absolute atomic E-state index is 13.7. The average Bonchev–Trinajstić information content (AvgIpc) is 3.06. The quantitative estimate of drug-likeness (QED) is 0.519. The molecular weight excluding hydrogens is 358 g/mol. The Morgan fingerprint density at radius 1 is 1.08 bits per heavy atom. The lowest BCUT2D eigenvalue weighted by atomic mass is 10.1. The van der Waals surface area contributed by atoms with Crippen molar-refractivity contribution in [1.29, 1.82) is 0 Å². The molecule has 1 aromatic carbocycles. The molecule has 0 radical (unpaired) electrons. The molecule has 0 aliphatic rings. The fourth-order valence-corrected chi connectivity index (χ4v) is 2.06. The minimum absolute atomic E-state index is 0.0473. The summed E-state index contributed by atoms with van der Waals surface area (Å²) in [5, 5.41) is 7.47. The highest BCUT2D eigenvalue weighted by molar-refractivity contribution is 5.79. The smallest absolute Gasteiger partial charge is 0.416 e. The molecule has 3 rings (SSSR count). The van der Waals surface area contributed by atoms with Crippen molar-refractivity contribution < 1.29 is 31.5 Å². The van der Waals surface area contributed by atoms with Crippen LogP contribution in [-0.2, 0) is 4.79 Å². The van der Waals surface area contributed by atoms with Gasteiger partial charge in [-0.25, -0.2) is 14.2 Å². The summed E-state index contributed by atoms with van der Waals surface area (Å²) in [6.07, 6.45) is -4.05. The number of rotatable bonds is 3. The van der Waals surface area contributed by atoms with Gasteiger partial charge in [-0.3, -0.25) is 0 Å². The lowest BCUT2D eigenvalue weighted by Crippen LogP contribution is -2.28. The molecule has 0 unspecified atom stereocenters. The maximum Gasteiger partial charge on any atom is 0.491 e. The first-order valence-corrected chi connectivity index (χ1v) is 7.10.